The predicted molar refractivity (Wildman–Crippen MR) is 106 cm³/mol. The first-order valence-corrected chi connectivity index (χ1v) is 8.80. The molecule has 132 valence electrons. The van der Waals surface area contributed by atoms with Crippen molar-refractivity contribution in [2.45, 2.75) is 80.7 Å². The lowest BCUT2D eigenvalue weighted by Gasteiger charge is -2.20. The molecule has 2 nitrogen and oxygen atoms in total. The van der Waals surface area contributed by atoms with Crippen molar-refractivity contribution in [1.82, 2.24) is 5.32 Å². The van der Waals surface area contributed by atoms with E-state index < -0.39 is 0 Å². The van der Waals surface area contributed by atoms with E-state index >= 15 is 0 Å². The Morgan fingerprint density at radius 3 is 2.00 bits per heavy atom. The van der Waals surface area contributed by atoms with E-state index in [9.17, 15) is 0 Å². The summed E-state index contributed by atoms with van der Waals surface area (Å²) in [5, 5.41) is 3.53. The van der Waals surface area contributed by atoms with E-state index in [1.165, 1.54) is 5.57 Å². The van der Waals surface area contributed by atoms with Gasteiger partial charge in [0.2, 0.25) is 0 Å². The molecule has 0 saturated carbocycles. The molecule has 0 aromatic heterocycles. The number of nitrogens with one attached hydrogen (secondary N) is 1. The van der Waals surface area contributed by atoms with Gasteiger partial charge in [-0.25, -0.2) is 0 Å². The fourth-order valence-corrected chi connectivity index (χ4v) is 2.20. The first-order chi connectivity index (χ1) is 10.5. The molecule has 0 unspecified atom stereocenters. The molecule has 0 aromatic carbocycles. The maximum Gasteiger partial charge on any atom is 0.0417 e. The van der Waals surface area contributed by atoms with E-state index in [1.807, 2.05) is 0 Å². The number of hydrogen-bond donors (Lipinski definition) is 1. The van der Waals surface area contributed by atoms with Crippen molar-refractivity contribution in [3.05, 3.63) is 35.6 Å². The number of aliphatic imine (C=N–C) groups is 1. The van der Waals surface area contributed by atoms with Crippen molar-refractivity contribution in [3.63, 3.8) is 0 Å². The summed E-state index contributed by atoms with van der Waals surface area (Å²) < 4.78 is 0. The van der Waals surface area contributed by atoms with Gasteiger partial charge in [-0.15, -0.1) is 0 Å². The van der Waals surface area contributed by atoms with Gasteiger partial charge in [0.1, 0.15) is 0 Å². The molecule has 0 radical (unpaired) electrons. The maximum atomic E-state index is 4.75. The van der Waals surface area contributed by atoms with E-state index in [-0.39, 0.29) is 11.0 Å². The molecule has 0 aromatic rings. The molecule has 0 bridgehead atoms. The van der Waals surface area contributed by atoms with Crippen LogP contribution in [-0.4, -0.2) is 17.8 Å². The normalized spacial score (nSPS) is 15.6. The zero-order valence-electron chi connectivity index (χ0n) is 16.9. The summed E-state index contributed by atoms with van der Waals surface area (Å²) in [5.41, 5.74) is 3.85. The quantitative estimate of drug-likeness (QED) is 0.344. The predicted octanol–water partition coefficient (Wildman–Crippen LogP) is 6.07. The van der Waals surface area contributed by atoms with Crippen LogP contribution < -0.4 is 5.32 Å². The standard InChI is InChI=1S/C21H38N2/c1-10-18(13-12-16-22-21(7,8)9)15-14-17(3)23-19(11-2)20(4,5)6/h10-11,14-15,22H,12-13,16H2,1-9H3/b15-14-,18-10-,19-11-,23-17+. The van der Waals surface area contributed by atoms with Crippen molar-refractivity contribution >= 4 is 5.71 Å². The Morgan fingerprint density at radius 1 is 0.957 bits per heavy atom. The lowest BCUT2D eigenvalue weighted by atomic mass is 9.92. The molecule has 1 N–H and O–H groups in total. The third-order valence-electron chi connectivity index (χ3n) is 3.55. The van der Waals surface area contributed by atoms with Crippen molar-refractivity contribution in [3.8, 4) is 0 Å². The van der Waals surface area contributed by atoms with Crippen LogP contribution in [0.5, 0.6) is 0 Å². The molecule has 0 spiro atoms. The third kappa shape index (κ3) is 11.1. The highest BCUT2D eigenvalue weighted by molar-refractivity contribution is 5.93. The Kier molecular flexibility index (Phi) is 9.38. The second kappa shape index (κ2) is 9.87. The minimum atomic E-state index is 0.0892. The smallest absolute Gasteiger partial charge is 0.0417 e. The fraction of sp³-hybridized carbons (Fsp3) is 0.667. The van der Waals surface area contributed by atoms with Crippen molar-refractivity contribution < 1.29 is 0 Å². The fourth-order valence-electron chi connectivity index (χ4n) is 2.20. The summed E-state index contributed by atoms with van der Waals surface area (Å²) in [4.78, 5) is 4.75. The summed E-state index contributed by atoms with van der Waals surface area (Å²) in [6.45, 7) is 20.5. The van der Waals surface area contributed by atoms with Gasteiger partial charge >= 0.3 is 0 Å². The summed E-state index contributed by atoms with van der Waals surface area (Å²) >= 11 is 0. The minimum absolute atomic E-state index is 0.0892. The number of hydrogen-bond acceptors (Lipinski definition) is 2. The first-order valence-electron chi connectivity index (χ1n) is 8.80. The highest BCUT2D eigenvalue weighted by Crippen LogP contribution is 2.26. The largest absolute Gasteiger partial charge is 0.312 e. The van der Waals surface area contributed by atoms with Crippen molar-refractivity contribution in [2.24, 2.45) is 10.4 Å². The van der Waals surface area contributed by atoms with Gasteiger partial charge in [-0.3, -0.25) is 4.99 Å². The van der Waals surface area contributed by atoms with E-state index in [0.29, 0.717) is 0 Å². The molecule has 0 aliphatic carbocycles. The molecule has 0 heterocycles. The van der Waals surface area contributed by atoms with Gasteiger partial charge in [-0.1, -0.05) is 44.6 Å². The summed E-state index contributed by atoms with van der Waals surface area (Å²) in [5.74, 6) is 0. The van der Waals surface area contributed by atoms with Crippen molar-refractivity contribution in [1.29, 1.82) is 0 Å². The molecule has 0 fully saturated rings. The number of allylic oxidation sites excluding steroid dienone is 6. The van der Waals surface area contributed by atoms with Crippen LogP contribution in [0, 0.1) is 5.41 Å². The first kappa shape index (κ1) is 21.9. The van der Waals surface area contributed by atoms with Crippen LogP contribution in [-0.2, 0) is 0 Å². The van der Waals surface area contributed by atoms with Crippen molar-refractivity contribution in [2.75, 3.05) is 6.54 Å². The molecule has 2 heteroatoms. The van der Waals surface area contributed by atoms with Gasteiger partial charge in [0, 0.05) is 22.4 Å². The van der Waals surface area contributed by atoms with Crippen LogP contribution in [0.1, 0.15) is 75.2 Å². The Balaban J connectivity index is 4.61. The zero-order chi connectivity index (χ0) is 18.1. The maximum absolute atomic E-state index is 4.75. The lowest BCUT2D eigenvalue weighted by molar-refractivity contribution is 0.422. The van der Waals surface area contributed by atoms with E-state index in [0.717, 1.165) is 30.8 Å². The molecule has 23 heavy (non-hydrogen) atoms. The zero-order valence-corrected chi connectivity index (χ0v) is 16.9. The lowest BCUT2D eigenvalue weighted by Crippen LogP contribution is -2.36. The second-order valence-electron chi connectivity index (χ2n) is 8.15. The Hall–Kier alpha value is -1.15. The van der Waals surface area contributed by atoms with Crippen LogP contribution in [0.3, 0.4) is 0 Å². The van der Waals surface area contributed by atoms with Crippen LogP contribution in [0.2, 0.25) is 0 Å². The second-order valence-corrected chi connectivity index (χ2v) is 8.15. The average Bonchev–Trinajstić information content (AvgIpc) is 2.41. The average molecular weight is 319 g/mol. The van der Waals surface area contributed by atoms with Crippen LogP contribution >= 0.6 is 0 Å². The molecule has 0 aliphatic heterocycles. The third-order valence-corrected chi connectivity index (χ3v) is 3.55. The van der Waals surface area contributed by atoms with E-state index in [1.54, 1.807) is 0 Å². The highest BCUT2D eigenvalue weighted by atomic mass is 14.9. The van der Waals surface area contributed by atoms with Gasteiger partial charge in [0.15, 0.2) is 0 Å². The Bertz CT molecular complexity index is 463. The summed E-state index contributed by atoms with van der Waals surface area (Å²) in [6.07, 6.45) is 10.9. The van der Waals surface area contributed by atoms with Gasteiger partial charge in [0.05, 0.1) is 0 Å². The van der Waals surface area contributed by atoms with Crippen LogP contribution in [0.4, 0.5) is 0 Å². The number of nitrogens with zero attached hydrogens (tertiary/aromatic N) is 1. The van der Waals surface area contributed by atoms with Gasteiger partial charge < -0.3 is 5.32 Å². The molecule has 0 amide bonds. The van der Waals surface area contributed by atoms with Crippen LogP contribution in [0.25, 0.3) is 0 Å². The Morgan fingerprint density at radius 2 is 1.57 bits per heavy atom. The monoisotopic (exact) mass is 318 g/mol. The molecular weight excluding hydrogens is 280 g/mol. The van der Waals surface area contributed by atoms with Gasteiger partial charge in [0.25, 0.3) is 0 Å². The Labute approximate surface area is 144 Å². The SMILES string of the molecule is C\C=C(/C=C\C(C)=N\C(=C/C)C(C)(C)C)CCCNC(C)(C)C. The number of rotatable bonds is 7. The molecule has 0 atom stereocenters. The molecule has 0 rings (SSSR count). The molecule has 0 aliphatic rings. The topological polar surface area (TPSA) is 24.4 Å². The highest BCUT2D eigenvalue weighted by Gasteiger charge is 2.15. The molecule has 0 saturated heterocycles. The van der Waals surface area contributed by atoms with Gasteiger partial charge in [-0.2, -0.15) is 0 Å². The van der Waals surface area contributed by atoms with E-state index in [2.05, 4.69) is 91.9 Å². The van der Waals surface area contributed by atoms with E-state index in [4.69, 9.17) is 4.99 Å². The summed E-state index contributed by atoms with van der Waals surface area (Å²) in [7, 11) is 0. The molecular formula is C21H38N2. The summed E-state index contributed by atoms with van der Waals surface area (Å²) in [6, 6.07) is 0. The van der Waals surface area contributed by atoms with Crippen LogP contribution in [0.15, 0.2) is 40.6 Å². The minimum Gasteiger partial charge on any atom is -0.312 e. The van der Waals surface area contributed by atoms with Gasteiger partial charge in [-0.05, 0) is 67.0 Å².